The van der Waals surface area contributed by atoms with Crippen LogP contribution in [-0.2, 0) is 4.79 Å². The Morgan fingerprint density at radius 1 is 1.29 bits per heavy atom. The van der Waals surface area contributed by atoms with Crippen LogP contribution in [0.3, 0.4) is 0 Å². The second kappa shape index (κ2) is 7.04. The molecule has 0 spiro atoms. The summed E-state index contributed by atoms with van der Waals surface area (Å²) in [4.78, 5) is 11.1. The van der Waals surface area contributed by atoms with Gasteiger partial charge in [0.15, 0.2) is 0 Å². The van der Waals surface area contributed by atoms with E-state index >= 15 is 0 Å². The highest BCUT2D eigenvalue weighted by atomic mass is 19.4. The summed E-state index contributed by atoms with van der Waals surface area (Å²) >= 11 is 0. The molecular weight excluding hydrogens is 306 g/mol. The molecule has 10 heteroatoms. The van der Waals surface area contributed by atoms with Gasteiger partial charge >= 0.3 is 12.8 Å². The molecule has 0 saturated carbocycles. The van der Waals surface area contributed by atoms with E-state index in [0.29, 0.717) is 0 Å². The van der Waals surface area contributed by atoms with Crippen molar-refractivity contribution in [2.24, 2.45) is 0 Å². The SMILES string of the molecule is O=C(CNc1cc(F)ccc1OC(F)F)NCC(F)(F)F. The van der Waals surface area contributed by atoms with Gasteiger partial charge in [-0.15, -0.1) is 0 Å². The largest absolute Gasteiger partial charge is 0.433 e. The molecule has 0 unspecified atom stereocenters. The van der Waals surface area contributed by atoms with Crippen LogP contribution < -0.4 is 15.4 Å². The van der Waals surface area contributed by atoms with E-state index in [1.165, 1.54) is 0 Å². The van der Waals surface area contributed by atoms with Gasteiger partial charge in [-0.3, -0.25) is 4.79 Å². The van der Waals surface area contributed by atoms with E-state index in [9.17, 15) is 31.1 Å². The first-order valence-electron chi connectivity index (χ1n) is 5.49. The summed E-state index contributed by atoms with van der Waals surface area (Å²) < 4.78 is 76.8. The second-order valence-electron chi connectivity index (χ2n) is 3.76. The molecule has 0 radical (unpaired) electrons. The Balaban J connectivity index is 2.61. The molecular formula is C11H10F6N2O2. The minimum absolute atomic E-state index is 0.280. The molecule has 0 aliphatic rings. The van der Waals surface area contributed by atoms with Gasteiger partial charge in [0.05, 0.1) is 12.2 Å². The average Bonchev–Trinajstić information content (AvgIpc) is 2.35. The maximum Gasteiger partial charge on any atom is 0.405 e. The van der Waals surface area contributed by atoms with E-state index in [1.54, 1.807) is 5.32 Å². The number of halogens is 6. The fourth-order valence-electron chi connectivity index (χ4n) is 1.28. The molecule has 118 valence electrons. The number of ether oxygens (including phenoxy) is 1. The molecule has 0 fully saturated rings. The normalized spacial score (nSPS) is 11.4. The Bertz CT molecular complexity index is 492. The molecule has 0 saturated heterocycles. The summed E-state index contributed by atoms with van der Waals surface area (Å²) in [5, 5.41) is 3.78. The van der Waals surface area contributed by atoms with Gasteiger partial charge in [0.2, 0.25) is 5.91 Å². The van der Waals surface area contributed by atoms with Crippen molar-refractivity contribution in [3.63, 3.8) is 0 Å². The van der Waals surface area contributed by atoms with Crippen LogP contribution in [0.2, 0.25) is 0 Å². The first-order chi connectivity index (χ1) is 9.67. The quantitative estimate of drug-likeness (QED) is 0.793. The molecule has 21 heavy (non-hydrogen) atoms. The van der Waals surface area contributed by atoms with Gasteiger partial charge in [0.25, 0.3) is 0 Å². The highest BCUT2D eigenvalue weighted by Crippen LogP contribution is 2.26. The third kappa shape index (κ3) is 6.72. The minimum atomic E-state index is -4.57. The number of nitrogens with one attached hydrogen (secondary N) is 2. The van der Waals surface area contributed by atoms with E-state index in [0.717, 1.165) is 18.2 Å². The second-order valence-corrected chi connectivity index (χ2v) is 3.76. The third-order valence-corrected chi connectivity index (χ3v) is 2.08. The Morgan fingerprint density at radius 2 is 1.95 bits per heavy atom. The zero-order chi connectivity index (χ0) is 16.0. The zero-order valence-electron chi connectivity index (χ0n) is 10.3. The number of benzene rings is 1. The van der Waals surface area contributed by atoms with Crippen LogP contribution in [0.4, 0.5) is 32.0 Å². The number of carbonyl (C=O) groups excluding carboxylic acids is 1. The zero-order valence-corrected chi connectivity index (χ0v) is 10.3. The molecule has 0 aromatic heterocycles. The van der Waals surface area contributed by atoms with Crippen molar-refractivity contribution in [1.82, 2.24) is 5.32 Å². The van der Waals surface area contributed by atoms with Crippen molar-refractivity contribution in [1.29, 1.82) is 0 Å². The number of anilines is 1. The summed E-state index contributed by atoms with van der Waals surface area (Å²) in [6.45, 7) is -5.37. The molecule has 0 bridgehead atoms. The van der Waals surface area contributed by atoms with Gasteiger partial charge in [-0.05, 0) is 12.1 Å². The molecule has 1 aromatic rings. The maximum absolute atomic E-state index is 13.0. The number of rotatable bonds is 6. The average molecular weight is 316 g/mol. The van der Waals surface area contributed by atoms with Crippen LogP contribution in [0.5, 0.6) is 5.75 Å². The van der Waals surface area contributed by atoms with Crippen molar-refractivity contribution >= 4 is 11.6 Å². The smallest absolute Gasteiger partial charge is 0.405 e. The number of hydrogen-bond donors (Lipinski definition) is 2. The fraction of sp³-hybridized carbons (Fsp3) is 0.364. The standard InChI is InChI=1S/C11H10F6N2O2/c12-6-1-2-8(21-10(13)14)7(3-6)18-4-9(20)19-5-11(15,16)17/h1-3,10,18H,4-5H2,(H,19,20). The first-order valence-corrected chi connectivity index (χ1v) is 5.49. The number of alkyl halides is 5. The lowest BCUT2D eigenvalue weighted by Gasteiger charge is -2.13. The summed E-state index contributed by atoms with van der Waals surface area (Å²) in [6.07, 6.45) is -4.57. The Hall–Kier alpha value is -2.13. The fourth-order valence-corrected chi connectivity index (χ4v) is 1.28. The summed E-state index contributed by atoms with van der Waals surface area (Å²) in [5.74, 6) is -2.27. The van der Waals surface area contributed by atoms with Crippen LogP contribution >= 0.6 is 0 Å². The van der Waals surface area contributed by atoms with Crippen LogP contribution in [0.15, 0.2) is 18.2 Å². The molecule has 0 aliphatic carbocycles. The monoisotopic (exact) mass is 316 g/mol. The topological polar surface area (TPSA) is 50.4 Å². The molecule has 0 atom stereocenters. The minimum Gasteiger partial charge on any atom is -0.433 e. The summed E-state index contributed by atoms with van der Waals surface area (Å²) in [5.41, 5.74) is -0.280. The van der Waals surface area contributed by atoms with Gasteiger partial charge in [0, 0.05) is 6.07 Å². The molecule has 1 amide bonds. The Kier molecular flexibility index (Phi) is 5.68. The van der Waals surface area contributed by atoms with E-state index < -0.39 is 43.4 Å². The van der Waals surface area contributed by atoms with E-state index in [2.05, 4.69) is 10.1 Å². The predicted molar refractivity (Wildman–Crippen MR) is 60.6 cm³/mol. The predicted octanol–water partition coefficient (Wildman–Crippen LogP) is 2.52. The lowest BCUT2D eigenvalue weighted by Crippen LogP contribution is -2.37. The number of amides is 1. The van der Waals surface area contributed by atoms with Crippen LogP contribution in [-0.4, -0.2) is 31.8 Å². The van der Waals surface area contributed by atoms with Crippen molar-refractivity contribution in [3.05, 3.63) is 24.0 Å². The van der Waals surface area contributed by atoms with Gasteiger partial charge < -0.3 is 15.4 Å². The summed E-state index contributed by atoms with van der Waals surface area (Å²) in [6, 6.07) is 2.53. The van der Waals surface area contributed by atoms with Gasteiger partial charge in [-0.25, -0.2) is 4.39 Å². The van der Waals surface area contributed by atoms with Crippen molar-refractivity contribution in [2.75, 3.05) is 18.4 Å². The van der Waals surface area contributed by atoms with Gasteiger partial charge in [-0.2, -0.15) is 22.0 Å². The van der Waals surface area contributed by atoms with Crippen LogP contribution in [0.1, 0.15) is 0 Å². The lowest BCUT2D eigenvalue weighted by molar-refractivity contribution is -0.137. The molecule has 1 aromatic carbocycles. The molecule has 4 nitrogen and oxygen atoms in total. The van der Waals surface area contributed by atoms with E-state index in [-0.39, 0.29) is 5.69 Å². The maximum atomic E-state index is 13.0. The number of hydrogen-bond acceptors (Lipinski definition) is 3. The highest BCUT2D eigenvalue weighted by Gasteiger charge is 2.27. The highest BCUT2D eigenvalue weighted by molar-refractivity contribution is 5.81. The van der Waals surface area contributed by atoms with Crippen LogP contribution in [0, 0.1) is 5.82 Å². The third-order valence-electron chi connectivity index (χ3n) is 2.08. The number of carbonyl (C=O) groups is 1. The Morgan fingerprint density at radius 3 is 2.52 bits per heavy atom. The van der Waals surface area contributed by atoms with Gasteiger partial charge in [0.1, 0.15) is 18.1 Å². The van der Waals surface area contributed by atoms with E-state index in [1.807, 2.05) is 0 Å². The van der Waals surface area contributed by atoms with Gasteiger partial charge in [-0.1, -0.05) is 0 Å². The first kappa shape index (κ1) is 16.9. The summed E-state index contributed by atoms with van der Waals surface area (Å²) in [7, 11) is 0. The van der Waals surface area contributed by atoms with Crippen molar-refractivity contribution in [3.8, 4) is 5.75 Å². The van der Waals surface area contributed by atoms with E-state index in [4.69, 9.17) is 0 Å². The molecule has 2 N–H and O–H groups in total. The van der Waals surface area contributed by atoms with Crippen molar-refractivity contribution in [2.45, 2.75) is 12.8 Å². The molecule has 0 heterocycles. The lowest BCUT2D eigenvalue weighted by atomic mass is 10.3. The van der Waals surface area contributed by atoms with Crippen LogP contribution in [0.25, 0.3) is 0 Å². The Labute approximate surface area is 115 Å². The molecule has 1 rings (SSSR count). The van der Waals surface area contributed by atoms with Crippen molar-refractivity contribution < 1.29 is 35.9 Å². The molecule has 0 aliphatic heterocycles.